The lowest BCUT2D eigenvalue weighted by Gasteiger charge is -2.23. The number of benzene rings is 1. The van der Waals surface area contributed by atoms with Gasteiger partial charge >= 0.3 is 6.61 Å². The summed E-state index contributed by atoms with van der Waals surface area (Å²) in [6, 6.07) is 12.0. The lowest BCUT2D eigenvalue weighted by molar-refractivity contribution is -0.0505. The van der Waals surface area contributed by atoms with E-state index in [0.717, 1.165) is 27.9 Å². The number of carbonyl (C=O) groups is 1. The molecular formula is C27H25F2N4O4P. The number of hydrogen-bond acceptors (Lipinski definition) is 6. The first-order valence-corrected chi connectivity index (χ1v) is 14.9. The molecule has 0 saturated heterocycles. The van der Waals surface area contributed by atoms with Crippen molar-refractivity contribution in [3.63, 3.8) is 0 Å². The fourth-order valence-electron chi connectivity index (χ4n) is 5.43. The maximum atomic E-state index is 13.3. The van der Waals surface area contributed by atoms with Gasteiger partial charge in [-0.05, 0) is 61.2 Å². The SMILES string of the molecule is CN1C(=O)c2cccc(OC(F)F)c2[C@H]2C[C@@H]1c1nn3ccc(-c4ccnc(OCP(C)(C)=O)c4)cc3c12. The van der Waals surface area contributed by atoms with Crippen molar-refractivity contribution in [3.8, 4) is 22.8 Å². The van der Waals surface area contributed by atoms with Gasteiger partial charge in [-0.15, -0.1) is 0 Å². The molecule has 6 rings (SSSR count). The minimum absolute atomic E-state index is 0.00770. The minimum Gasteiger partial charge on any atom is -0.470 e. The predicted molar refractivity (Wildman–Crippen MR) is 138 cm³/mol. The highest BCUT2D eigenvalue weighted by Crippen LogP contribution is 2.53. The molecule has 0 unspecified atom stereocenters. The molecule has 8 nitrogen and oxygen atoms in total. The van der Waals surface area contributed by atoms with Gasteiger partial charge in [-0.3, -0.25) is 4.79 Å². The molecular weight excluding hydrogens is 513 g/mol. The van der Waals surface area contributed by atoms with Crippen LogP contribution in [0.1, 0.15) is 45.6 Å². The van der Waals surface area contributed by atoms with Crippen LogP contribution in [0.5, 0.6) is 11.6 Å². The molecule has 4 heterocycles. The first-order valence-electron chi connectivity index (χ1n) is 12.1. The van der Waals surface area contributed by atoms with Crippen molar-refractivity contribution in [2.45, 2.75) is 25.0 Å². The van der Waals surface area contributed by atoms with Crippen LogP contribution in [0.2, 0.25) is 0 Å². The molecule has 38 heavy (non-hydrogen) atoms. The van der Waals surface area contributed by atoms with Gasteiger partial charge in [-0.2, -0.15) is 13.9 Å². The summed E-state index contributed by atoms with van der Waals surface area (Å²) >= 11 is 0. The average Bonchev–Trinajstić information content (AvgIpc) is 3.40. The Balaban J connectivity index is 1.48. The smallest absolute Gasteiger partial charge is 0.387 e. The third kappa shape index (κ3) is 4.13. The maximum absolute atomic E-state index is 13.3. The van der Waals surface area contributed by atoms with E-state index >= 15 is 0 Å². The van der Waals surface area contributed by atoms with Crippen LogP contribution in [0, 0.1) is 0 Å². The Labute approximate surface area is 217 Å². The van der Waals surface area contributed by atoms with Gasteiger partial charge in [0.1, 0.15) is 19.2 Å². The van der Waals surface area contributed by atoms with E-state index in [2.05, 4.69) is 4.98 Å². The summed E-state index contributed by atoms with van der Waals surface area (Å²) in [4.78, 5) is 19.2. The Morgan fingerprint density at radius 3 is 2.68 bits per heavy atom. The molecule has 11 heteroatoms. The molecule has 2 aliphatic rings. The molecule has 1 aromatic carbocycles. The number of amides is 1. The molecule has 0 saturated carbocycles. The molecule has 1 amide bonds. The van der Waals surface area contributed by atoms with Crippen molar-refractivity contribution >= 4 is 18.6 Å². The van der Waals surface area contributed by atoms with Gasteiger partial charge in [0.05, 0.1) is 17.3 Å². The molecule has 1 aliphatic carbocycles. The molecule has 4 aromatic rings. The normalized spacial score (nSPS) is 18.5. The third-order valence-electron chi connectivity index (χ3n) is 7.07. The number of halogens is 2. The van der Waals surface area contributed by atoms with Crippen LogP contribution in [-0.2, 0) is 4.57 Å². The van der Waals surface area contributed by atoms with Crippen molar-refractivity contribution < 1.29 is 27.6 Å². The standard InChI is InChI=1S/C27H25F2N4O4P/c1-32-20-13-18(23-17(26(32)34)5-4-6-21(23)37-27(28)29)24-19-11-16(8-10-33(19)31-25(20)24)15-7-9-30-22(12-15)36-14-38(2,3)35/h4-12,18,20,27H,13-14H2,1-3H3/t18-,20-/m1/s1. The number of alkyl halides is 2. The summed E-state index contributed by atoms with van der Waals surface area (Å²) in [6.45, 7) is 0.302. The van der Waals surface area contributed by atoms with E-state index in [1.165, 1.54) is 6.07 Å². The van der Waals surface area contributed by atoms with Gasteiger partial charge in [0.15, 0.2) is 0 Å². The van der Waals surface area contributed by atoms with Gasteiger partial charge in [-0.25, -0.2) is 9.50 Å². The topological polar surface area (TPSA) is 86.0 Å². The van der Waals surface area contributed by atoms with Crippen LogP contribution in [0.25, 0.3) is 16.6 Å². The number of ether oxygens (including phenoxy) is 2. The maximum Gasteiger partial charge on any atom is 0.387 e. The summed E-state index contributed by atoms with van der Waals surface area (Å²) in [5, 5.41) is 4.80. The summed E-state index contributed by atoms with van der Waals surface area (Å²) < 4.78 is 51.0. The zero-order chi connectivity index (χ0) is 26.8. The number of pyridine rings is 2. The summed E-state index contributed by atoms with van der Waals surface area (Å²) in [7, 11) is -0.658. The van der Waals surface area contributed by atoms with Crippen LogP contribution in [0.15, 0.2) is 54.9 Å². The monoisotopic (exact) mass is 538 g/mol. The fraction of sp³-hybridized carbons (Fsp3) is 0.296. The number of carbonyl (C=O) groups excluding carboxylic acids is 1. The lowest BCUT2D eigenvalue weighted by Crippen LogP contribution is -2.30. The molecule has 2 atom stereocenters. The molecule has 0 spiro atoms. The van der Waals surface area contributed by atoms with Crippen molar-refractivity contribution in [1.29, 1.82) is 0 Å². The van der Waals surface area contributed by atoms with Gasteiger partial charge in [-0.1, -0.05) is 6.07 Å². The van der Waals surface area contributed by atoms with Gasteiger partial charge in [0.2, 0.25) is 5.88 Å². The van der Waals surface area contributed by atoms with Crippen LogP contribution >= 0.6 is 7.14 Å². The highest BCUT2D eigenvalue weighted by molar-refractivity contribution is 7.62. The summed E-state index contributed by atoms with van der Waals surface area (Å²) in [5.41, 5.74) is 5.02. The minimum atomic E-state index is -3.01. The van der Waals surface area contributed by atoms with Crippen molar-refractivity contribution in [3.05, 3.63) is 77.2 Å². The molecule has 2 bridgehead atoms. The third-order valence-corrected chi connectivity index (χ3v) is 7.82. The second-order valence-corrected chi connectivity index (χ2v) is 13.5. The zero-order valence-corrected chi connectivity index (χ0v) is 21.9. The molecule has 0 radical (unpaired) electrons. The Morgan fingerprint density at radius 2 is 1.92 bits per heavy atom. The van der Waals surface area contributed by atoms with E-state index in [0.29, 0.717) is 23.4 Å². The number of nitrogens with zero attached hydrogens (tertiary/aromatic N) is 4. The Kier molecular flexibility index (Phi) is 5.76. The number of rotatable bonds is 6. The quantitative estimate of drug-likeness (QED) is 0.296. The van der Waals surface area contributed by atoms with E-state index in [1.54, 1.807) is 54.2 Å². The Hall–Kier alpha value is -3.78. The van der Waals surface area contributed by atoms with E-state index in [1.807, 2.05) is 24.4 Å². The first-order chi connectivity index (χ1) is 18.1. The highest BCUT2D eigenvalue weighted by Gasteiger charge is 2.46. The highest BCUT2D eigenvalue weighted by atomic mass is 31.2. The predicted octanol–water partition coefficient (Wildman–Crippen LogP) is 5.62. The summed E-state index contributed by atoms with van der Waals surface area (Å²) in [6.07, 6.45) is 4.09. The average molecular weight is 538 g/mol. The molecule has 1 aliphatic heterocycles. The fourth-order valence-corrected chi connectivity index (χ4v) is 5.87. The van der Waals surface area contributed by atoms with Crippen LogP contribution < -0.4 is 9.47 Å². The van der Waals surface area contributed by atoms with Crippen molar-refractivity contribution in [2.24, 2.45) is 0 Å². The van der Waals surface area contributed by atoms with Gasteiger partial charge < -0.3 is 18.9 Å². The Bertz CT molecular complexity index is 1630. The van der Waals surface area contributed by atoms with E-state index < -0.39 is 13.8 Å². The van der Waals surface area contributed by atoms with Gasteiger partial charge in [0, 0.05) is 48.1 Å². The Morgan fingerprint density at radius 1 is 1.13 bits per heavy atom. The molecule has 196 valence electrons. The van der Waals surface area contributed by atoms with Crippen LogP contribution in [0.4, 0.5) is 8.78 Å². The molecule has 0 N–H and O–H groups in total. The van der Waals surface area contributed by atoms with E-state index in [-0.39, 0.29) is 30.0 Å². The number of fused-ring (bicyclic) bond motifs is 9. The summed E-state index contributed by atoms with van der Waals surface area (Å²) in [5.74, 6) is -0.210. The van der Waals surface area contributed by atoms with E-state index in [4.69, 9.17) is 14.6 Å². The van der Waals surface area contributed by atoms with E-state index in [9.17, 15) is 18.1 Å². The van der Waals surface area contributed by atoms with Crippen LogP contribution in [-0.4, -0.2) is 58.7 Å². The number of aromatic nitrogens is 3. The van der Waals surface area contributed by atoms with Gasteiger partial charge in [0.25, 0.3) is 5.91 Å². The molecule has 0 fully saturated rings. The second-order valence-electron chi connectivity index (χ2n) is 10.1. The molecule has 3 aromatic heterocycles. The largest absolute Gasteiger partial charge is 0.470 e. The first kappa shape index (κ1) is 24.6. The lowest BCUT2D eigenvalue weighted by atomic mass is 9.88. The number of hydrogen-bond donors (Lipinski definition) is 0. The van der Waals surface area contributed by atoms with Crippen molar-refractivity contribution in [1.82, 2.24) is 19.5 Å². The van der Waals surface area contributed by atoms with Crippen LogP contribution in [0.3, 0.4) is 0 Å². The second kappa shape index (κ2) is 8.91. The zero-order valence-electron chi connectivity index (χ0n) is 21.0. The van der Waals surface area contributed by atoms with Crippen molar-refractivity contribution in [2.75, 3.05) is 26.7 Å².